The zero-order valence-corrected chi connectivity index (χ0v) is 7.72. The van der Waals surface area contributed by atoms with Crippen molar-refractivity contribution < 1.29 is 14.6 Å². The molecule has 78 valence electrons. The van der Waals surface area contributed by atoms with E-state index in [0.717, 1.165) is 5.75 Å². The van der Waals surface area contributed by atoms with Crippen molar-refractivity contribution in [2.45, 2.75) is 0 Å². The van der Waals surface area contributed by atoms with Gasteiger partial charge in [0.2, 0.25) is 0 Å². The minimum atomic E-state index is -0.833. The van der Waals surface area contributed by atoms with Crippen LogP contribution in [0.2, 0.25) is 0 Å². The van der Waals surface area contributed by atoms with E-state index in [-0.39, 0.29) is 6.61 Å². The third-order valence-electron chi connectivity index (χ3n) is 1.10. The molecule has 5 N–H and O–H groups in total. The standard InChI is InChI=1S/C8H10O2.CH4N2O/c9-6-7-10-8-4-2-1-3-5-8;2-1(3)4/h1-5,9H,6-7H2;(H4,2,3,4). The Kier molecular flexibility index (Phi) is 6.89. The first-order valence-electron chi connectivity index (χ1n) is 4.00. The van der Waals surface area contributed by atoms with E-state index in [0.29, 0.717) is 6.61 Å². The molecule has 1 rings (SSSR count). The number of aliphatic hydroxyl groups is 1. The highest BCUT2D eigenvalue weighted by Gasteiger charge is 1.86. The average Bonchev–Trinajstić information content (AvgIpc) is 2.15. The van der Waals surface area contributed by atoms with Gasteiger partial charge in [-0.05, 0) is 12.1 Å². The van der Waals surface area contributed by atoms with E-state index in [2.05, 4.69) is 11.5 Å². The minimum Gasteiger partial charge on any atom is -0.491 e. The lowest BCUT2D eigenvalue weighted by atomic mass is 10.3. The molecule has 5 heteroatoms. The van der Waals surface area contributed by atoms with Gasteiger partial charge in [0.15, 0.2) is 0 Å². The number of urea groups is 1. The van der Waals surface area contributed by atoms with Crippen molar-refractivity contribution >= 4 is 6.03 Å². The molecule has 0 aliphatic rings. The summed E-state index contributed by atoms with van der Waals surface area (Å²) >= 11 is 0. The van der Waals surface area contributed by atoms with E-state index >= 15 is 0 Å². The van der Waals surface area contributed by atoms with Crippen LogP contribution >= 0.6 is 0 Å². The first-order chi connectivity index (χ1) is 6.66. The van der Waals surface area contributed by atoms with Crippen LogP contribution in [0.3, 0.4) is 0 Å². The molecule has 0 saturated carbocycles. The fourth-order valence-corrected chi connectivity index (χ4v) is 0.680. The van der Waals surface area contributed by atoms with Crippen molar-refractivity contribution in [1.29, 1.82) is 0 Å². The molecule has 1 aromatic rings. The molecule has 0 aliphatic carbocycles. The third kappa shape index (κ3) is 8.35. The zero-order valence-electron chi connectivity index (χ0n) is 7.72. The van der Waals surface area contributed by atoms with Crippen LogP contribution in [0.5, 0.6) is 5.75 Å². The molecular weight excluding hydrogens is 184 g/mol. The summed E-state index contributed by atoms with van der Waals surface area (Å²) in [5.41, 5.74) is 8.50. The van der Waals surface area contributed by atoms with Gasteiger partial charge in [-0.3, -0.25) is 0 Å². The van der Waals surface area contributed by atoms with Crippen LogP contribution in [0, 0.1) is 0 Å². The number of nitrogens with two attached hydrogens (primary N) is 2. The van der Waals surface area contributed by atoms with Gasteiger partial charge >= 0.3 is 6.03 Å². The van der Waals surface area contributed by atoms with Gasteiger partial charge in [-0.1, -0.05) is 18.2 Å². The Morgan fingerprint density at radius 3 is 2.21 bits per heavy atom. The summed E-state index contributed by atoms with van der Waals surface area (Å²) in [6.45, 7) is 0.429. The molecule has 0 spiro atoms. The summed E-state index contributed by atoms with van der Waals surface area (Å²) in [6.07, 6.45) is 0. The molecule has 0 saturated heterocycles. The lowest BCUT2D eigenvalue weighted by Crippen LogP contribution is -2.18. The van der Waals surface area contributed by atoms with Gasteiger partial charge < -0.3 is 21.3 Å². The van der Waals surface area contributed by atoms with E-state index < -0.39 is 6.03 Å². The highest BCUT2D eigenvalue weighted by atomic mass is 16.5. The second-order valence-electron chi connectivity index (χ2n) is 2.29. The van der Waals surface area contributed by atoms with Gasteiger partial charge in [0.1, 0.15) is 12.4 Å². The Morgan fingerprint density at radius 2 is 1.79 bits per heavy atom. The Morgan fingerprint density at radius 1 is 1.29 bits per heavy atom. The lowest BCUT2D eigenvalue weighted by Gasteiger charge is -2.01. The van der Waals surface area contributed by atoms with Crippen molar-refractivity contribution in [1.82, 2.24) is 0 Å². The van der Waals surface area contributed by atoms with Gasteiger partial charge in [0.05, 0.1) is 6.61 Å². The number of aliphatic hydroxyl groups excluding tert-OH is 1. The molecule has 0 unspecified atom stereocenters. The summed E-state index contributed by atoms with van der Waals surface area (Å²) < 4.78 is 5.11. The molecule has 14 heavy (non-hydrogen) atoms. The van der Waals surface area contributed by atoms with Crippen LogP contribution in [-0.2, 0) is 0 Å². The summed E-state index contributed by atoms with van der Waals surface area (Å²) in [4.78, 5) is 9.00. The van der Waals surface area contributed by atoms with Crippen LogP contribution in [-0.4, -0.2) is 24.4 Å². The molecule has 0 fully saturated rings. The summed E-state index contributed by atoms with van der Waals surface area (Å²) in [5.74, 6) is 0.802. The van der Waals surface area contributed by atoms with Crippen LogP contribution < -0.4 is 16.2 Å². The molecule has 0 bridgehead atoms. The number of primary amides is 2. The zero-order chi connectivity index (χ0) is 10.8. The summed E-state index contributed by atoms with van der Waals surface area (Å²) in [6, 6.07) is 8.59. The molecule has 2 amide bonds. The molecule has 0 aromatic heterocycles. The monoisotopic (exact) mass is 198 g/mol. The van der Waals surface area contributed by atoms with E-state index in [9.17, 15) is 0 Å². The SMILES string of the molecule is NC(N)=O.OCCOc1ccccc1. The maximum Gasteiger partial charge on any atom is 0.309 e. The number of hydrogen-bond donors (Lipinski definition) is 3. The highest BCUT2D eigenvalue weighted by Crippen LogP contribution is 2.06. The van der Waals surface area contributed by atoms with E-state index in [1.54, 1.807) is 0 Å². The second-order valence-corrected chi connectivity index (χ2v) is 2.29. The lowest BCUT2D eigenvalue weighted by molar-refractivity contribution is 0.201. The van der Waals surface area contributed by atoms with Gasteiger partial charge in [0, 0.05) is 0 Å². The molecule has 0 radical (unpaired) electrons. The molecule has 0 aliphatic heterocycles. The number of carbonyl (C=O) groups excluding carboxylic acids is 1. The Bertz CT molecular complexity index is 247. The highest BCUT2D eigenvalue weighted by molar-refractivity contribution is 5.69. The van der Waals surface area contributed by atoms with Crippen molar-refractivity contribution in [3.63, 3.8) is 0 Å². The Balaban J connectivity index is 0.000000364. The van der Waals surface area contributed by atoms with E-state index in [1.807, 2.05) is 30.3 Å². The number of ether oxygens (including phenoxy) is 1. The molecule has 0 heterocycles. The number of hydrogen-bond acceptors (Lipinski definition) is 3. The summed E-state index contributed by atoms with van der Waals surface area (Å²) in [5, 5.41) is 8.40. The number of carbonyl (C=O) groups is 1. The molecule has 5 nitrogen and oxygen atoms in total. The Labute approximate surface area is 82.3 Å². The van der Waals surface area contributed by atoms with Crippen molar-refractivity contribution in [2.75, 3.05) is 13.2 Å². The van der Waals surface area contributed by atoms with Crippen LogP contribution in [0.4, 0.5) is 4.79 Å². The second kappa shape index (κ2) is 7.88. The largest absolute Gasteiger partial charge is 0.491 e. The Hall–Kier alpha value is -1.75. The smallest absolute Gasteiger partial charge is 0.309 e. The minimum absolute atomic E-state index is 0.0644. The van der Waals surface area contributed by atoms with Crippen LogP contribution in [0.25, 0.3) is 0 Å². The van der Waals surface area contributed by atoms with Crippen molar-refractivity contribution in [3.05, 3.63) is 30.3 Å². The normalized spacial score (nSPS) is 8.36. The molecule has 1 aromatic carbocycles. The van der Waals surface area contributed by atoms with Crippen molar-refractivity contribution in [2.24, 2.45) is 11.5 Å². The topological polar surface area (TPSA) is 98.6 Å². The summed E-state index contributed by atoms with van der Waals surface area (Å²) in [7, 11) is 0. The van der Waals surface area contributed by atoms with Gasteiger partial charge in [-0.2, -0.15) is 0 Å². The average molecular weight is 198 g/mol. The predicted molar refractivity (Wildman–Crippen MR) is 52.8 cm³/mol. The van der Waals surface area contributed by atoms with E-state index in [4.69, 9.17) is 14.6 Å². The van der Waals surface area contributed by atoms with Crippen LogP contribution in [0.1, 0.15) is 0 Å². The van der Waals surface area contributed by atoms with Gasteiger partial charge in [0.25, 0.3) is 0 Å². The number of para-hydroxylation sites is 1. The van der Waals surface area contributed by atoms with Crippen LogP contribution in [0.15, 0.2) is 30.3 Å². The quantitative estimate of drug-likeness (QED) is 0.641. The fourth-order valence-electron chi connectivity index (χ4n) is 0.680. The third-order valence-corrected chi connectivity index (χ3v) is 1.10. The van der Waals surface area contributed by atoms with E-state index in [1.165, 1.54) is 0 Å². The number of rotatable bonds is 3. The maximum atomic E-state index is 9.00. The molecule has 0 atom stereocenters. The first kappa shape index (κ1) is 12.2. The molecular formula is C9H14N2O3. The maximum absolute atomic E-state index is 9.00. The number of benzene rings is 1. The van der Waals surface area contributed by atoms with Gasteiger partial charge in [-0.15, -0.1) is 0 Å². The predicted octanol–water partition coefficient (Wildman–Crippen LogP) is 0.0815. The van der Waals surface area contributed by atoms with Crippen molar-refractivity contribution in [3.8, 4) is 5.75 Å². The number of amides is 2. The first-order valence-corrected chi connectivity index (χ1v) is 4.00. The fraction of sp³-hybridized carbons (Fsp3) is 0.222. The van der Waals surface area contributed by atoms with Gasteiger partial charge in [-0.25, -0.2) is 4.79 Å².